The first kappa shape index (κ1) is 15.5. The molecule has 0 saturated carbocycles. The van der Waals surface area contributed by atoms with Gasteiger partial charge in [0.2, 0.25) is 0 Å². The molecule has 0 spiro atoms. The number of unbranched alkanes of at least 4 members (excludes halogenated alkanes) is 1. The molecule has 1 rings (SSSR count). The first-order valence-electron chi connectivity index (χ1n) is 6.29. The van der Waals surface area contributed by atoms with Crippen LogP contribution < -0.4 is 4.74 Å². The van der Waals surface area contributed by atoms with E-state index in [1.54, 1.807) is 19.2 Å². The van der Waals surface area contributed by atoms with E-state index in [2.05, 4.69) is 11.8 Å². The van der Waals surface area contributed by atoms with Crippen molar-refractivity contribution in [2.45, 2.75) is 19.3 Å². The van der Waals surface area contributed by atoms with Crippen molar-refractivity contribution in [2.75, 3.05) is 26.9 Å². The zero-order valence-electron chi connectivity index (χ0n) is 11.1. The predicted molar refractivity (Wildman–Crippen MR) is 71.6 cm³/mol. The number of methoxy groups -OCH3 is 1. The second kappa shape index (κ2) is 9.37. The number of ether oxygens (including phenoxy) is 2. The van der Waals surface area contributed by atoms with Crippen LogP contribution in [-0.2, 0) is 4.74 Å². The van der Waals surface area contributed by atoms with Crippen molar-refractivity contribution in [3.05, 3.63) is 29.6 Å². The van der Waals surface area contributed by atoms with Gasteiger partial charge in [0.1, 0.15) is 11.6 Å². The number of benzene rings is 1. The molecule has 1 N–H and O–H groups in total. The summed E-state index contributed by atoms with van der Waals surface area (Å²) in [6.45, 7) is 1.23. The van der Waals surface area contributed by atoms with Gasteiger partial charge in [0, 0.05) is 26.2 Å². The van der Waals surface area contributed by atoms with Crippen LogP contribution in [0.5, 0.6) is 5.75 Å². The lowest BCUT2D eigenvalue weighted by atomic mass is 10.2. The monoisotopic (exact) mass is 266 g/mol. The highest BCUT2D eigenvalue weighted by molar-refractivity contribution is 5.39. The summed E-state index contributed by atoms with van der Waals surface area (Å²) in [5.41, 5.74) is 0.320. The van der Waals surface area contributed by atoms with E-state index in [-0.39, 0.29) is 6.61 Å². The molecule has 0 radical (unpaired) electrons. The molecule has 1 aromatic carbocycles. The fourth-order valence-electron chi connectivity index (χ4n) is 1.44. The average molecular weight is 266 g/mol. The van der Waals surface area contributed by atoms with Crippen LogP contribution in [0, 0.1) is 17.7 Å². The molecule has 0 atom stereocenters. The minimum absolute atomic E-state index is 0.0166. The molecule has 104 valence electrons. The van der Waals surface area contributed by atoms with Crippen molar-refractivity contribution in [2.24, 2.45) is 0 Å². The van der Waals surface area contributed by atoms with Gasteiger partial charge >= 0.3 is 0 Å². The van der Waals surface area contributed by atoms with Gasteiger partial charge in [-0.3, -0.25) is 0 Å². The Morgan fingerprint density at radius 2 is 2.05 bits per heavy atom. The highest BCUT2D eigenvalue weighted by Crippen LogP contribution is 2.16. The number of rotatable bonds is 7. The minimum Gasteiger partial charge on any atom is -0.493 e. The second-order valence-electron chi connectivity index (χ2n) is 3.97. The van der Waals surface area contributed by atoms with Crippen molar-refractivity contribution < 1.29 is 19.0 Å². The lowest BCUT2D eigenvalue weighted by Crippen LogP contribution is -2.00. The van der Waals surface area contributed by atoms with Crippen LogP contribution in [0.3, 0.4) is 0 Å². The lowest BCUT2D eigenvalue weighted by molar-refractivity contribution is 0.184. The van der Waals surface area contributed by atoms with E-state index in [4.69, 9.17) is 14.6 Å². The summed E-state index contributed by atoms with van der Waals surface area (Å²) in [6.07, 6.45) is 2.13. The summed E-state index contributed by atoms with van der Waals surface area (Å²) in [5.74, 6) is 5.45. The highest BCUT2D eigenvalue weighted by Gasteiger charge is 2.02. The molecule has 3 nitrogen and oxygen atoms in total. The predicted octanol–water partition coefficient (Wildman–Crippen LogP) is 2.37. The fourth-order valence-corrected chi connectivity index (χ4v) is 1.44. The summed E-state index contributed by atoms with van der Waals surface area (Å²) < 4.78 is 24.0. The van der Waals surface area contributed by atoms with Crippen molar-refractivity contribution in [1.82, 2.24) is 0 Å². The van der Waals surface area contributed by atoms with Crippen LogP contribution in [-0.4, -0.2) is 32.0 Å². The maximum Gasteiger partial charge on any atom is 0.142 e. The number of aliphatic hydroxyl groups excluding tert-OH is 1. The van der Waals surface area contributed by atoms with Gasteiger partial charge in [-0.2, -0.15) is 0 Å². The molecule has 19 heavy (non-hydrogen) atoms. The zero-order valence-corrected chi connectivity index (χ0v) is 11.1. The van der Waals surface area contributed by atoms with Gasteiger partial charge in [0.15, 0.2) is 0 Å². The molecule has 0 unspecified atom stereocenters. The number of halogens is 1. The van der Waals surface area contributed by atoms with Crippen molar-refractivity contribution in [3.8, 4) is 17.6 Å². The van der Waals surface area contributed by atoms with Crippen LogP contribution in [0.2, 0.25) is 0 Å². The van der Waals surface area contributed by atoms with E-state index in [0.717, 1.165) is 12.8 Å². The Balaban J connectivity index is 2.46. The first-order valence-corrected chi connectivity index (χ1v) is 6.29. The quantitative estimate of drug-likeness (QED) is 0.608. The normalized spacial score (nSPS) is 9.84. The number of aliphatic hydroxyl groups is 1. The molecule has 0 heterocycles. The molecule has 0 aliphatic rings. The summed E-state index contributed by atoms with van der Waals surface area (Å²) in [7, 11) is 1.66. The summed E-state index contributed by atoms with van der Waals surface area (Å²) >= 11 is 0. The molecule has 0 aliphatic carbocycles. The molecule has 1 aromatic rings. The maximum atomic E-state index is 13.6. The topological polar surface area (TPSA) is 38.7 Å². The molecular formula is C15H19FO3. The largest absolute Gasteiger partial charge is 0.493 e. The summed E-state index contributed by atoms with van der Waals surface area (Å²) in [6, 6.07) is 4.62. The second-order valence-corrected chi connectivity index (χ2v) is 3.97. The Bertz CT molecular complexity index is 435. The number of hydrogen-bond acceptors (Lipinski definition) is 3. The Kier molecular flexibility index (Phi) is 7.64. The SMILES string of the molecule is COCCCCOc1ccc(C#CCCO)c(F)c1. The van der Waals surface area contributed by atoms with Crippen molar-refractivity contribution in [3.63, 3.8) is 0 Å². The zero-order chi connectivity index (χ0) is 13.9. The van der Waals surface area contributed by atoms with Crippen LogP contribution in [0.15, 0.2) is 18.2 Å². The van der Waals surface area contributed by atoms with Crippen LogP contribution >= 0.6 is 0 Å². The van der Waals surface area contributed by atoms with Crippen LogP contribution in [0.25, 0.3) is 0 Å². The third-order valence-corrected chi connectivity index (χ3v) is 2.41. The molecule has 0 fully saturated rings. The van der Waals surface area contributed by atoms with E-state index < -0.39 is 5.82 Å². The van der Waals surface area contributed by atoms with Gasteiger partial charge in [-0.25, -0.2) is 4.39 Å². The fraction of sp³-hybridized carbons (Fsp3) is 0.467. The van der Waals surface area contributed by atoms with Crippen molar-refractivity contribution in [1.29, 1.82) is 0 Å². The Morgan fingerprint density at radius 1 is 1.26 bits per heavy atom. The Labute approximate surface area is 113 Å². The number of hydrogen-bond donors (Lipinski definition) is 1. The van der Waals surface area contributed by atoms with Gasteiger partial charge < -0.3 is 14.6 Å². The van der Waals surface area contributed by atoms with E-state index in [0.29, 0.717) is 30.9 Å². The van der Waals surface area contributed by atoms with Crippen LogP contribution in [0.1, 0.15) is 24.8 Å². The van der Waals surface area contributed by atoms with Crippen molar-refractivity contribution >= 4 is 0 Å². The maximum absolute atomic E-state index is 13.6. The van der Waals surface area contributed by atoms with Crippen LogP contribution in [0.4, 0.5) is 4.39 Å². The van der Waals surface area contributed by atoms with E-state index in [1.165, 1.54) is 6.07 Å². The van der Waals surface area contributed by atoms with Gasteiger partial charge in [0.25, 0.3) is 0 Å². The Morgan fingerprint density at radius 3 is 2.74 bits per heavy atom. The molecule has 0 bridgehead atoms. The molecule has 0 aromatic heterocycles. The third kappa shape index (κ3) is 6.23. The summed E-state index contributed by atoms with van der Waals surface area (Å²) in [5, 5.41) is 8.59. The third-order valence-electron chi connectivity index (χ3n) is 2.41. The molecule has 0 amide bonds. The highest BCUT2D eigenvalue weighted by atomic mass is 19.1. The van der Waals surface area contributed by atoms with Gasteiger partial charge in [-0.1, -0.05) is 11.8 Å². The molecule has 0 aliphatic heterocycles. The average Bonchev–Trinajstić information content (AvgIpc) is 2.41. The first-order chi connectivity index (χ1) is 9.27. The molecule has 0 saturated heterocycles. The van der Waals surface area contributed by atoms with E-state index in [1.807, 2.05) is 0 Å². The standard InChI is InChI=1S/C15H19FO3/c1-18-10-4-5-11-19-14-8-7-13(15(16)12-14)6-2-3-9-17/h7-8,12,17H,3-5,9-11H2,1H3. The summed E-state index contributed by atoms with van der Waals surface area (Å²) in [4.78, 5) is 0. The molecular weight excluding hydrogens is 247 g/mol. The molecule has 4 heteroatoms. The smallest absolute Gasteiger partial charge is 0.142 e. The Hall–Kier alpha value is -1.57. The van der Waals surface area contributed by atoms with E-state index in [9.17, 15) is 4.39 Å². The minimum atomic E-state index is -0.403. The van der Waals surface area contributed by atoms with Gasteiger partial charge in [-0.05, 0) is 25.0 Å². The van der Waals surface area contributed by atoms with E-state index >= 15 is 0 Å². The van der Waals surface area contributed by atoms with Gasteiger partial charge in [0.05, 0.1) is 18.8 Å². The lowest BCUT2D eigenvalue weighted by Gasteiger charge is -2.06. The van der Waals surface area contributed by atoms with Gasteiger partial charge in [-0.15, -0.1) is 0 Å².